The van der Waals surface area contributed by atoms with Crippen LogP contribution in [0.15, 0.2) is 30.3 Å². The van der Waals surface area contributed by atoms with Crippen molar-refractivity contribution in [2.24, 2.45) is 5.41 Å². The van der Waals surface area contributed by atoms with E-state index in [0.717, 1.165) is 13.1 Å². The average molecular weight is 262 g/mol. The van der Waals surface area contributed by atoms with Crippen molar-refractivity contribution in [2.45, 2.75) is 39.7 Å². The van der Waals surface area contributed by atoms with Gasteiger partial charge in [0.25, 0.3) is 0 Å². The van der Waals surface area contributed by atoms with Crippen molar-refractivity contribution >= 4 is 0 Å². The van der Waals surface area contributed by atoms with Crippen LogP contribution in [0.2, 0.25) is 0 Å². The van der Waals surface area contributed by atoms with Crippen molar-refractivity contribution in [2.75, 3.05) is 27.2 Å². The largest absolute Gasteiger partial charge is 0.309 e. The van der Waals surface area contributed by atoms with Gasteiger partial charge in [0.2, 0.25) is 0 Å². The minimum Gasteiger partial charge on any atom is -0.309 e. The number of hydrogen-bond acceptors (Lipinski definition) is 2. The van der Waals surface area contributed by atoms with Gasteiger partial charge >= 0.3 is 0 Å². The quantitative estimate of drug-likeness (QED) is 0.768. The van der Waals surface area contributed by atoms with Crippen LogP contribution >= 0.6 is 0 Å². The molecule has 1 atom stereocenters. The summed E-state index contributed by atoms with van der Waals surface area (Å²) in [5, 5.41) is 3.76. The van der Waals surface area contributed by atoms with E-state index in [1.54, 1.807) is 0 Å². The minimum absolute atomic E-state index is 0.296. The molecular weight excluding hydrogens is 232 g/mol. The number of nitrogens with one attached hydrogen (secondary N) is 1. The molecular formula is C17H30N2. The van der Waals surface area contributed by atoms with Gasteiger partial charge in [-0.15, -0.1) is 0 Å². The van der Waals surface area contributed by atoms with Gasteiger partial charge in [-0.05, 0) is 31.5 Å². The second-order valence-electron chi connectivity index (χ2n) is 6.53. The minimum atomic E-state index is 0.296. The molecule has 1 aromatic carbocycles. The van der Waals surface area contributed by atoms with Crippen molar-refractivity contribution in [3.05, 3.63) is 35.9 Å². The van der Waals surface area contributed by atoms with E-state index in [2.05, 4.69) is 75.4 Å². The van der Waals surface area contributed by atoms with Crippen LogP contribution in [0, 0.1) is 5.41 Å². The summed E-state index contributed by atoms with van der Waals surface area (Å²) in [6.07, 6.45) is 2.41. The first-order valence-electron chi connectivity index (χ1n) is 7.37. The molecule has 1 unspecified atom stereocenters. The molecule has 0 saturated heterocycles. The highest BCUT2D eigenvalue weighted by atomic mass is 15.1. The maximum atomic E-state index is 3.76. The maximum Gasteiger partial charge on any atom is 0.0320 e. The van der Waals surface area contributed by atoms with E-state index in [0.29, 0.717) is 11.5 Å². The lowest BCUT2D eigenvalue weighted by molar-refractivity contribution is 0.223. The number of benzene rings is 1. The van der Waals surface area contributed by atoms with Crippen LogP contribution in [-0.4, -0.2) is 32.1 Å². The van der Waals surface area contributed by atoms with Crippen LogP contribution in [-0.2, 0) is 0 Å². The van der Waals surface area contributed by atoms with Gasteiger partial charge in [-0.25, -0.2) is 0 Å². The summed E-state index contributed by atoms with van der Waals surface area (Å²) in [7, 11) is 4.28. The van der Waals surface area contributed by atoms with E-state index in [9.17, 15) is 0 Å². The van der Waals surface area contributed by atoms with E-state index in [4.69, 9.17) is 0 Å². The van der Waals surface area contributed by atoms with E-state index in [-0.39, 0.29) is 0 Å². The smallest absolute Gasteiger partial charge is 0.0320 e. The Kier molecular flexibility index (Phi) is 6.53. The Hall–Kier alpha value is -0.860. The molecule has 0 radical (unpaired) electrons. The molecule has 0 aromatic heterocycles. The Bertz CT molecular complexity index is 344. The zero-order valence-electron chi connectivity index (χ0n) is 13.2. The third-order valence-electron chi connectivity index (χ3n) is 3.35. The molecule has 0 aliphatic carbocycles. The zero-order valence-corrected chi connectivity index (χ0v) is 13.2. The summed E-state index contributed by atoms with van der Waals surface area (Å²) in [6.45, 7) is 9.06. The topological polar surface area (TPSA) is 15.3 Å². The Balaban J connectivity index is 2.60. The first kappa shape index (κ1) is 16.2. The van der Waals surface area contributed by atoms with Crippen molar-refractivity contribution in [3.63, 3.8) is 0 Å². The van der Waals surface area contributed by atoms with Gasteiger partial charge in [0.15, 0.2) is 0 Å². The average Bonchev–Trinajstić information content (AvgIpc) is 2.34. The van der Waals surface area contributed by atoms with Crippen molar-refractivity contribution in [3.8, 4) is 0 Å². The lowest BCUT2D eigenvalue weighted by atomic mass is 9.91. The molecule has 0 fully saturated rings. The lowest BCUT2D eigenvalue weighted by Gasteiger charge is -2.31. The van der Waals surface area contributed by atoms with Gasteiger partial charge in [-0.3, -0.25) is 0 Å². The molecule has 2 nitrogen and oxygen atoms in total. The highest BCUT2D eigenvalue weighted by Crippen LogP contribution is 2.21. The zero-order chi connectivity index (χ0) is 14.3. The van der Waals surface area contributed by atoms with Gasteiger partial charge in [0, 0.05) is 19.1 Å². The third-order valence-corrected chi connectivity index (χ3v) is 3.35. The molecule has 0 saturated carbocycles. The summed E-state index contributed by atoms with van der Waals surface area (Å²) >= 11 is 0. The molecule has 0 bridgehead atoms. The molecule has 0 aliphatic rings. The predicted molar refractivity (Wildman–Crippen MR) is 84.4 cm³/mol. The summed E-state index contributed by atoms with van der Waals surface area (Å²) in [6, 6.07) is 11.3. The van der Waals surface area contributed by atoms with E-state index < -0.39 is 0 Å². The molecule has 1 aromatic rings. The molecule has 1 rings (SSSR count). The van der Waals surface area contributed by atoms with Crippen LogP contribution in [0.4, 0.5) is 0 Å². The van der Waals surface area contributed by atoms with Crippen molar-refractivity contribution < 1.29 is 0 Å². The Morgan fingerprint density at radius 2 is 1.79 bits per heavy atom. The first-order chi connectivity index (χ1) is 8.94. The fraction of sp³-hybridized carbons (Fsp3) is 0.647. The summed E-state index contributed by atoms with van der Waals surface area (Å²) in [5.74, 6) is 0. The number of rotatable bonds is 8. The van der Waals surface area contributed by atoms with Crippen LogP contribution in [0.5, 0.6) is 0 Å². The van der Waals surface area contributed by atoms with Crippen molar-refractivity contribution in [1.29, 1.82) is 0 Å². The van der Waals surface area contributed by atoms with Crippen LogP contribution in [0.3, 0.4) is 0 Å². The summed E-state index contributed by atoms with van der Waals surface area (Å²) < 4.78 is 0. The van der Waals surface area contributed by atoms with Crippen molar-refractivity contribution in [1.82, 2.24) is 10.2 Å². The first-order valence-corrected chi connectivity index (χ1v) is 7.37. The second kappa shape index (κ2) is 7.66. The Morgan fingerprint density at radius 1 is 1.16 bits per heavy atom. The molecule has 0 aliphatic heterocycles. The van der Waals surface area contributed by atoms with E-state index in [1.165, 1.54) is 18.4 Å². The van der Waals surface area contributed by atoms with Crippen LogP contribution in [0.25, 0.3) is 0 Å². The fourth-order valence-electron chi connectivity index (χ4n) is 2.67. The molecule has 2 heteroatoms. The Labute approximate surface area is 119 Å². The normalized spacial score (nSPS) is 13.8. The molecule has 108 valence electrons. The highest BCUT2D eigenvalue weighted by molar-refractivity contribution is 5.18. The molecule has 0 amide bonds. The molecule has 19 heavy (non-hydrogen) atoms. The molecule has 1 N–H and O–H groups in total. The van der Waals surface area contributed by atoms with Gasteiger partial charge in [0.05, 0.1) is 0 Å². The SMILES string of the molecule is CCCC(NCC(C)(C)CN(C)C)c1ccccc1. The maximum absolute atomic E-state index is 3.76. The standard InChI is InChI=1S/C17H30N2/c1-6-10-16(15-11-8-7-9-12-15)18-13-17(2,3)14-19(4)5/h7-9,11-12,16,18H,6,10,13-14H2,1-5H3. The molecule has 0 spiro atoms. The van der Waals surface area contributed by atoms with Crippen LogP contribution < -0.4 is 5.32 Å². The van der Waals surface area contributed by atoms with E-state index >= 15 is 0 Å². The van der Waals surface area contributed by atoms with Gasteiger partial charge in [-0.1, -0.05) is 57.5 Å². The number of hydrogen-bond donors (Lipinski definition) is 1. The highest BCUT2D eigenvalue weighted by Gasteiger charge is 2.20. The Morgan fingerprint density at radius 3 is 2.32 bits per heavy atom. The van der Waals surface area contributed by atoms with Gasteiger partial charge < -0.3 is 10.2 Å². The second-order valence-corrected chi connectivity index (χ2v) is 6.53. The van der Waals surface area contributed by atoms with Crippen LogP contribution in [0.1, 0.15) is 45.2 Å². The number of nitrogens with zero attached hydrogens (tertiary/aromatic N) is 1. The van der Waals surface area contributed by atoms with E-state index in [1.807, 2.05) is 0 Å². The monoisotopic (exact) mass is 262 g/mol. The summed E-state index contributed by atoms with van der Waals surface area (Å²) in [5.41, 5.74) is 1.70. The fourth-order valence-corrected chi connectivity index (χ4v) is 2.67. The van der Waals surface area contributed by atoms with Gasteiger partial charge in [0.1, 0.15) is 0 Å². The summed E-state index contributed by atoms with van der Waals surface area (Å²) in [4.78, 5) is 2.26. The van der Waals surface area contributed by atoms with Gasteiger partial charge in [-0.2, -0.15) is 0 Å². The molecule has 0 heterocycles. The third kappa shape index (κ3) is 6.22. The predicted octanol–water partition coefficient (Wildman–Crippen LogP) is 3.71. The lowest BCUT2D eigenvalue weighted by Crippen LogP contribution is -2.39.